The van der Waals surface area contributed by atoms with E-state index in [0.29, 0.717) is 36.3 Å². The summed E-state index contributed by atoms with van der Waals surface area (Å²) in [4.78, 5) is 25.5. The molecule has 2 N–H and O–H groups in total. The summed E-state index contributed by atoms with van der Waals surface area (Å²) in [7, 11) is 1.49. The van der Waals surface area contributed by atoms with Crippen LogP contribution >= 0.6 is 0 Å². The van der Waals surface area contributed by atoms with Crippen molar-refractivity contribution < 1.29 is 23.8 Å². The molecule has 0 atom stereocenters. The largest absolute Gasteiger partial charge is 0.493 e. The highest BCUT2D eigenvalue weighted by Gasteiger charge is 2.27. The molecule has 1 heterocycles. The fourth-order valence-corrected chi connectivity index (χ4v) is 3.74. The van der Waals surface area contributed by atoms with E-state index in [0.717, 1.165) is 12.8 Å². The summed E-state index contributed by atoms with van der Waals surface area (Å²) >= 11 is 0. The number of amides is 2. The Balaban J connectivity index is 1.56. The van der Waals surface area contributed by atoms with Gasteiger partial charge in [-0.3, -0.25) is 9.59 Å². The van der Waals surface area contributed by atoms with Crippen LogP contribution in [0.1, 0.15) is 48.9 Å². The molecule has 1 aromatic carbocycles. The minimum Gasteiger partial charge on any atom is -0.493 e. The summed E-state index contributed by atoms with van der Waals surface area (Å²) in [6, 6.07) is 4.95. The first kappa shape index (κ1) is 19.5. The predicted molar refractivity (Wildman–Crippen MR) is 99.9 cm³/mol. The van der Waals surface area contributed by atoms with Crippen LogP contribution in [0.25, 0.3) is 0 Å². The molecule has 148 valence electrons. The fourth-order valence-electron chi connectivity index (χ4n) is 3.74. The molecule has 0 radical (unpaired) electrons. The second-order valence-corrected chi connectivity index (χ2v) is 7.15. The van der Waals surface area contributed by atoms with Gasteiger partial charge in [0, 0.05) is 18.7 Å². The third-order valence-electron chi connectivity index (χ3n) is 5.20. The van der Waals surface area contributed by atoms with Crippen molar-refractivity contribution in [2.75, 3.05) is 26.8 Å². The number of nitrogens with two attached hydrogens (primary N) is 1. The zero-order chi connectivity index (χ0) is 19.2. The number of piperidine rings is 1. The van der Waals surface area contributed by atoms with Crippen LogP contribution in [0, 0.1) is 0 Å². The molecule has 2 aliphatic rings. The summed E-state index contributed by atoms with van der Waals surface area (Å²) < 4.78 is 16.8. The van der Waals surface area contributed by atoms with Crippen LogP contribution in [-0.4, -0.2) is 55.7 Å². The van der Waals surface area contributed by atoms with Gasteiger partial charge in [-0.1, -0.05) is 12.8 Å². The second kappa shape index (κ2) is 9.08. The van der Waals surface area contributed by atoms with Crippen molar-refractivity contribution >= 4 is 11.8 Å². The van der Waals surface area contributed by atoms with Crippen molar-refractivity contribution in [1.29, 1.82) is 0 Å². The van der Waals surface area contributed by atoms with Gasteiger partial charge in [-0.25, -0.2) is 0 Å². The maximum Gasteiger partial charge on any atom is 0.255 e. The summed E-state index contributed by atoms with van der Waals surface area (Å²) in [5.41, 5.74) is 5.63. The molecule has 0 spiro atoms. The van der Waals surface area contributed by atoms with E-state index < -0.39 is 5.91 Å². The number of likely N-dealkylation sites (tertiary alicyclic amines) is 1. The maximum atomic E-state index is 12.8. The molecular formula is C20H28N2O5. The van der Waals surface area contributed by atoms with E-state index in [4.69, 9.17) is 19.9 Å². The molecule has 1 aliphatic heterocycles. The molecule has 1 saturated carbocycles. The number of carbonyl (C=O) groups is 2. The van der Waals surface area contributed by atoms with Gasteiger partial charge < -0.3 is 24.8 Å². The van der Waals surface area contributed by atoms with Gasteiger partial charge in [0.15, 0.2) is 18.1 Å². The van der Waals surface area contributed by atoms with E-state index in [9.17, 15) is 9.59 Å². The van der Waals surface area contributed by atoms with E-state index in [1.54, 1.807) is 18.2 Å². The third kappa shape index (κ3) is 5.13. The number of hydrogen-bond donors (Lipinski definition) is 1. The van der Waals surface area contributed by atoms with E-state index in [2.05, 4.69) is 0 Å². The van der Waals surface area contributed by atoms with E-state index in [1.165, 1.54) is 32.8 Å². The molecule has 27 heavy (non-hydrogen) atoms. The molecule has 7 heteroatoms. The highest BCUT2D eigenvalue weighted by atomic mass is 16.5. The standard InChI is InChI=1S/C20H28N2O5/c1-25-18-12-14(6-7-17(18)26-13-19(21)23)20(24)22-10-8-16(9-11-22)27-15-4-2-3-5-15/h6-7,12,15-16H,2-5,8-11,13H2,1H3,(H2,21,23). The van der Waals surface area contributed by atoms with Gasteiger partial charge in [-0.15, -0.1) is 0 Å². The fraction of sp³-hybridized carbons (Fsp3) is 0.600. The number of rotatable bonds is 7. The third-order valence-corrected chi connectivity index (χ3v) is 5.20. The lowest BCUT2D eigenvalue weighted by Gasteiger charge is -2.33. The van der Waals surface area contributed by atoms with E-state index >= 15 is 0 Å². The van der Waals surface area contributed by atoms with Gasteiger partial charge >= 0.3 is 0 Å². The number of ether oxygens (including phenoxy) is 3. The molecule has 1 saturated heterocycles. The lowest BCUT2D eigenvalue weighted by molar-refractivity contribution is -0.119. The van der Waals surface area contributed by atoms with Crippen LogP contribution in [0.4, 0.5) is 0 Å². The summed E-state index contributed by atoms with van der Waals surface area (Å²) in [6.45, 7) is 1.15. The molecule has 0 unspecified atom stereocenters. The lowest BCUT2D eigenvalue weighted by Crippen LogP contribution is -2.41. The molecule has 2 fully saturated rings. The zero-order valence-corrected chi connectivity index (χ0v) is 15.8. The lowest BCUT2D eigenvalue weighted by atomic mass is 10.1. The maximum absolute atomic E-state index is 12.8. The number of methoxy groups -OCH3 is 1. The first-order chi connectivity index (χ1) is 13.1. The van der Waals surface area contributed by atoms with Gasteiger partial charge in [0.1, 0.15) is 0 Å². The number of hydrogen-bond acceptors (Lipinski definition) is 5. The molecule has 2 amide bonds. The highest BCUT2D eigenvalue weighted by Crippen LogP contribution is 2.30. The number of benzene rings is 1. The van der Waals surface area contributed by atoms with Crippen LogP contribution in [0.3, 0.4) is 0 Å². The Kier molecular flexibility index (Phi) is 6.55. The molecule has 0 bridgehead atoms. The quantitative estimate of drug-likeness (QED) is 0.787. The van der Waals surface area contributed by atoms with Crippen molar-refractivity contribution in [2.24, 2.45) is 5.73 Å². The van der Waals surface area contributed by atoms with Crippen LogP contribution in [0.5, 0.6) is 11.5 Å². The minimum atomic E-state index is -0.570. The van der Waals surface area contributed by atoms with Crippen molar-refractivity contribution in [2.45, 2.75) is 50.7 Å². The Labute approximate surface area is 159 Å². The Morgan fingerprint density at radius 2 is 1.74 bits per heavy atom. The average molecular weight is 376 g/mol. The molecule has 3 rings (SSSR count). The van der Waals surface area contributed by atoms with Gasteiger partial charge in [0.2, 0.25) is 0 Å². The Bertz CT molecular complexity index is 664. The van der Waals surface area contributed by atoms with E-state index in [-0.39, 0.29) is 18.6 Å². The van der Waals surface area contributed by atoms with Crippen molar-refractivity contribution in [3.63, 3.8) is 0 Å². The second-order valence-electron chi connectivity index (χ2n) is 7.15. The summed E-state index contributed by atoms with van der Waals surface area (Å²) in [6.07, 6.45) is 7.29. The number of nitrogens with zero attached hydrogens (tertiary/aromatic N) is 1. The summed E-state index contributed by atoms with van der Waals surface area (Å²) in [5.74, 6) is 0.187. The van der Waals surface area contributed by atoms with Crippen LogP contribution in [0.2, 0.25) is 0 Å². The molecule has 1 aromatic rings. The smallest absolute Gasteiger partial charge is 0.255 e. The van der Waals surface area contributed by atoms with Gasteiger partial charge in [0.25, 0.3) is 11.8 Å². The normalized spacial score (nSPS) is 18.5. The zero-order valence-electron chi connectivity index (χ0n) is 15.8. The average Bonchev–Trinajstić information content (AvgIpc) is 3.19. The highest BCUT2D eigenvalue weighted by molar-refractivity contribution is 5.95. The molecule has 0 aromatic heterocycles. The van der Waals surface area contributed by atoms with Crippen LogP contribution in [-0.2, 0) is 9.53 Å². The number of carbonyl (C=O) groups excluding carboxylic acids is 2. The van der Waals surface area contributed by atoms with Crippen LogP contribution in [0.15, 0.2) is 18.2 Å². The van der Waals surface area contributed by atoms with Crippen molar-refractivity contribution in [3.05, 3.63) is 23.8 Å². The first-order valence-corrected chi connectivity index (χ1v) is 9.60. The Morgan fingerprint density at radius 3 is 2.37 bits per heavy atom. The molecule has 1 aliphatic carbocycles. The summed E-state index contributed by atoms with van der Waals surface area (Å²) in [5, 5.41) is 0. The topological polar surface area (TPSA) is 91.1 Å². The first-order valence-electron chi connectivity index (χ1n) is 9.60. The molecular weight excluding hydrogens is 348 g/mol. The Morgan fingerprint density at radius 1 is 1.07 bits per heavy atom. The van der Waals surface area contributed by atoms with Crippen molar-refractivity contribution in [3.8, 4) is 11.5 Å². The van der Waals surface area contributed by atoms with Gasteiger partial charge in [-0.05, 0) is 43.9 Å². The van der Waals surface area contributed by atoms with Gasteiger partial charge in [0.05, 0.1) is 19.3 Å². The molecule has 7 nitrogen and oxygen atoms in total. The monoisotopic (exact) mass is 376 g/mol. The van der Waals surface area contributed by atoms with Crippen LogP contribution < -0.4 is 15.2 Å². The minimum absolute atomic E-state index is 0.0333. The van der Waals surface area contributed by atoms with Crippen molar-refractivity contribution in [1.82, 2.24) is 4.90 Å². The van der Waals surface area contributed by atoms with Gasteiger partial charge in [-0.2, -0.15) is 0 Å². The number of primary amides is 1. The predicted octanol–water partition coefficient (Wildman–Crippen LogP) is 2.12. The SMILES string of the molecule is COc1cc(C(=O)N2CCC(OC3CCCC3)CC2)ccc1OCC(N)=O. The van der Waals surface area contributed by atoms with E-state index in [1.807, 2.05) is 4.90 Å². The Hall–Kier alpha value is -2.28.